The SMILES string of the molecule is C[C@@]1(O)[C@@H]2[C@@H]3[C@H](O)[C@H]4[C@@H]5C[C@@H]([C@H]2[C@@H]53)[C@H]41. The lowest BCUT2D eigenvalue weighted by atomic mass is 9.56. The largest absolute Gasteiger partial charge is 0.393 e. The maximum Gasteiger partial charge on any atom is 0.0688 e. The fourth-order valence-electron chi connectivity index (χ4n) is 6.94. The molecule has 0 amide bonds. The molecule has 0 aromatic heterocycles. The van der Waals surface area contributed by atoms with E-state index < -0.39 is 5.60 Å². The Kier molecular flexibility index (Phi) is 0.825. The Morgan fingerprint density at radius 3 is 2.57 bits per heavy atom. The monoisotopic (exact) mass is 192 g/mol. The lowest BCUT2D eigenvalue weighted by Gasteiger charge is -2.52. The first-order valence-electron chi connectivity index (χ1n) is 6.04. The van der Waals surface area contributed by atoms with Crippen molar-refractivity contribution in [3.05, 3.63) is 0 Å². The molecule has 5 saturated carbocycles. The molecular formula is C12H16O2. The van der Waals surface area contributed by atoms with Crippen molar-refractivity contribution in [1.82, 2.24) is 0 Å². The van der Waals surface area contributed by atoms with Crippen LogP contribution in [0.1, 0.15) is 13.3 Å². The lowest BCUT2D eigenvalue weighted by Crippen LogP contribution is -2.57. The summed E-state index contributed by atoms with van der Waals surface area (Å²) in [6, 6.07) is 0. The van der Waals surface area contributed by atoms with E-state index in [4.69, 9.17) is 0 Å². The number of hydrogen-bond donors (Lipinski definition) is 2. The van der Waals surface area contributed by atoms with Gasteiger partial charge < -0.3 is 10.2 Å². The van der Waals surface area contributed by atoms with Gasteiger partial charge in [-0.2, -0.15) is 0 Å². The average Bonchev–Trinajstić information content (AvgIpc) is 2.52. The highest BCUT2D eigenvalue weighted by Crippen LogP contribution is 2.85. The molecule has 0 heterocycles. The summed E-state index contributed by atoms with van der Waals surface area (Å²) in [5.41, 5.74) is -0.425. The van der Waals surface area contributed by atoms with E-state index in [1.54, 1.807) is 0 Å². The molecular weight excluding hydrogens is 176 g/mol. The summed E-state index contributed by atoms with van der Waals surface area (Å²) in [4.78, 5) is 0. The van der Waals surface area contributed by atoms with Crippen LogP contribution in [-0.2, 0) is 0 Å². The summed E-state index contributed by atoms with van der Waals surface area (Å²) in [5.74, 6) is 5.06. The molecule has 5 fully saturated rings. The van der Waals surface area contributed by atoms with Gasteiger partial charge in [0, 0.05) is 0 Å². The van der Waals surface area contributed by atoms with E-state index >= 15 is 0 Å². The van der Waals surface area contributed by atoms with Crippen LogP contribution in [0.2, 0.25) is 0 Å². The minimum absolute atomic E-state index is 0.0519. The Labute approximate surface area is 83.3 Å². The second-order valence-corrected chi connectivity index (χ2v) is 6.64. The van der Waals surface area contributed by atoms with Gasteiger partial charge in [-0.15, -0.1) is 0 Å². The van der Waals surface area contributed by atoms with Gasteiger partial charge >= 0.3 is 0 Å². The van der Waals surface area contributed by atoms with Crippen molar-refractivity contribution in [2.24, 2.45) is 47.3 Å². The topological polar surface area (TPSA) is 40.5 Å². The zero-order valence-corrected chi connectivity index (χ0v) is 8.30. The fourth-order valence-corrected chi connectivity index (χ4v) is 6.94. The minimum Gasteiger partial charge on any atom is -0.393 e. The molecule has 0 radical (unpaired) electrons. The number of aliphatic hydroxyl groups excluding tert-OH is 1. The zero-order valence-electron chi connectivity index (χ0n) is 8.30. The normalized spacial score (nSPS) is 85.5. The van der Waals surface area contributed by atoms with Crippen LogP contribution < -0.4 is 0 Å². The molecule has 2 bridgehead atoms. The Morgan fingerprint density at radius 2 is 1.79 bits per heavy atom. The Balaban J connectivity index is 1.83. The first-order valence-corrected chi connectivity index (χ1v) is 6.04. The fraction of sp³-hybridized carbons (Fsp3) is 1.00. The van der Waals surface area contributed by atoms with Crippen molar-refractivity contribution in [2.45, 2.75) is 25.0 Å². The lowest BCUT2D eigenvalue weighted by molar-refractivity contribution is -0.161. The van der Waals surface area contributed by atoms with Crippen LogP contribution in [0.5, 0.6) is 0 Å². The van der Waals surface area contributed by atoms with E-state index in [2.05, 4.69) is 0 Å². The number of fused-ring (bicyclic) bond motifs is 2. The predicted octanol–water partition coefficient (Wildman–Crippen LogP) is 0.486. The summed E-state index contributed by atoms with van der Waals surface area (Å²) in [7, 11) is 0. The molecule has 5 aliphatic carbocycles. The van der Waals surface area contributed by atoms with E-state index in [1.807, 2.05) is 6.92 Å². The van der Waals surface area contributed by atoms with Gasteiger partial charge in [0.05, 0.1) is 11.7 Å². The van der Waals surface area contributed by atoms with Crippen LogP contribution in [0.15, 0.2) is 0 Å². The third-order valence-corrected chi connectivity index (χ3v) is 6.76. The highest BCUT2D eigenvalue weighted by molar-refractivity contribution is 5.33. The smallest absolute Gasteiger partial charge is 0.0688 e. The maximum atomic E-state index is 10.6. The second-order valence-electron chi connectivity index (χ2n) is 6.64. The van der Waals surface area contributed by atoms with E-state index in [0.717, 1.165) is 23.7 Å². The van der Waals surface area contributed by atoms with Crippen LogP contribution in [0, 0.1) is 47.3 Å². The maximum absolute atomic E-state index is 10.6. The van der Waals surface area contributed by atoms with Gasteiger partial charge in [-0.05, 0) is 60.7 Å². The first kappa shape index (κ1) is 7.24. The molecule has 5 rings (SSSR count). The Hall–Kier alpha value is -0.0800. The van der Waals surface area contributed by atoms with Gasteiger partial charge in [0.2, 0.25) is 0 Å². The Morgan fingerprint density at radius 1 is 1.00 bits per heavy atom. The highest BCUT2D eigenvalue weighted by Gasteiger charge is 2.86. The van der Waals surface area contributed by atoms with Gasteiger partial charge in [0.1, 0.15) is 0 Å². The van der Waals surface area contributed by atoms with Gasteiger partial charge in [-0.3, -0.25) is 0 Å². The van der Waals surface area contributed by atoms with Crippen molar-refractivity contribution >= 4 is 0 Å². The average molecular weight is 192 g/mol. The number of rotatable bonds is 0. The quantitative estimate of drug-likeness (QED) is 0.586. The van der Waals surface area contributed by atoms with Gasteiger partial charge in [-0.25, -0.2) is 0 Å². The van der Waals surface area contributed by atoms with E-state index in [0.29, 0.717) is 23.7 Å². The summed E-state index contributed by atoms with van der Waals surface area (Å²) < 4.78 is 0. The van der Waals surface area contributed by atoms with Gasteiger partial charge in [0.15, 0.2) is 0 Å². The second kappa shape index (κ2) is 1.60. The molecule has 0 aromatic rings. The third-order valence-electron chi connectivity index (χ3n) is 6.76. The highest BCUT2D eigenvalue weighted by atomic mass is 16.3. The molecule has 2 N–H and O–H groups in total. The molecule has 0 saturated heterocycles. The summed E-state index contributed by atoms with van der Waals surface area (Å²) >= 11 is 0. The van der Waals surface area contributed by atoms with Gasteiger partial charge in [0.25, 0.3) is 0 Å². The third kappa shape index (κ3) is 0.396. The van der Waals surface area contributed by atoms with Crippen molar-refractivity contribution in [3.63, 3.8) is 0 Å². The van der Waals surface area contributed by atoms with Gasteiger partial charge in [-0.1, -0.05) is 0 Å². The molecule has 0 unspecified atom stereocenters. The molecule has 2 heteroatoms. The van der Waals surface area contributed by atoms with Crippen molar-refractivity contribution in [1.29, 1.82) is 0 Å². The summed E-state index contributed by atoms with van der Waals surface area (Å²) in [6.07, 6.45) is 1.27. The van der Waals surface area contributed by atoms with Crippen molar-refractivity contribution in [2.75, 3.05) is 0 Å². The molecule has 0 aromatic carbocycles. The summed E-state index contributed by atoms with van der Waals surface area (Å²) in [5, 5.41) is 20.8. The van der Waals surface area contributed by atoms with Crippen molar-refractivity contribution in [3.8, 4) is 0 Å². The van der Waals surface area contributed by atoms with Crippen molar-refractivity contribution < 1.29 is 10.2 Å². The van der Waals surface area contributed by atoms with E-state index in [9.17, 15) is 10.2 Å². The molecule has 10 atom stereocenters. The zero-order chi connectivity index (χ0) is 9.40. The summed E-state index contributed by atoms with van der Waals surface area (Å²) in [6.45, 7) is 2.05. The van der Waals surface area contributed by atoms with E-state index in [1.165, 1.54) is 6.42 Å². The molecule has 2 nitrogen and oxygen atoms in total. The molecule has 0 spiro atoms. The molecule has 76 valence electrons. The van der Waals surface area contributed by atoms with E-state index in [-0.39, 0.29) is 6.10 Å². The van der Waals surface area contributed by atoms with Crippen LogP contribution >= 0.6 is 0 Å². The standard InChI is InChI=1S/C12H16O2/c1-12(14)9-4-2-3-5-6(4)10(12)8(5)11(13)7(3)9/h3-11,13-14H,2H2,1H3/t3-,4+,5-,6+,7+,8-,9-,10+,11-,12+/m1/s1. The number of aliphatic hydroxyl groups is 2. The predicted molar refractivity (Wildman–Crippen MR) is 49.2 cm³/mol. The molecule has 0 aliphatic heterocycles. The first-order chi connectivity index (χ1) is 6.64. The minimum atomic E-state index is -0.425. The van der Waals surface area contributed by atoms with Crippen LogP contribution in [0.25, 0.3) is 0 Å². The van der Waals surface area contributed by atoms with Crippen LogP contribution in [0.4, 0.5) is 0 Å². The van der Waals surface area contributed by atoms with Crippen LogP contribution in [-0.4, -0.2) is 21.9 Å². The molecule has 14 heavy (non-hydrogen) atoms. The van der Waals surface area contributed by atoms with Crippen LogP contribution in [0.3, 0.4) is 0 Å². The Bertz CT molecular complexity index is 350. The molecule has 5 aliphatic rings. The number of hydrogen-bond acceptors (Lipinski definition) is 2.